The van der Waals surface area contributed by atoms with Crippen molar-refractivity contribution in [3.05, 3.63) is 23.5 Å². The highest BCUT2D eigenvalue weighted by Crippen LogP contribution is 2.29. The van der Waals surface area contributed by atoms with E-state index in [9.17, 15) is 0 Å². The Morgan fingerprint density at radius 2 is 2.45 bits per heavy atom. The third kappa shape index (κ3) is 1.41. The van der Waals surface area contributed by atoms with Crippen molar-refractivity contribution in [3.63, 3.8) is 0 Å². The minimum Gasteiger partial charge on any atom is -0.260 e. The van der Waals surface area contributed by atoms with Gasteiger partial charge in [-0.15, -0.1) is 11.8 Å². The molecule has 1 aliphatic heterocycles. The molecular weight excluding hydrogens is 154 g/mol. The number of aromatic nitrogens is 1. The summed E-state index contributed by atoms with van der Waals surface area (Å²) in [5, 5.41) is 0. The largest absolute Gasteiger partial charge is 0.260 e. The van der Waals surface area contributed by atoms with Gasteiger partial charge in [0.25, 0.3) is 0 Å². The summed E-state index contributed by atoms with van der Waals surface area (Å²) in [5.41, 5.74) is 2.64. The quantitative estimate of drug-likeness (QED) is 0.585. The van der Waals surface area contributed by atoms with E-state index in [-0.39, 0.29) is 0 Å². The monoisotopic (exact) mass is 165 g/mol. The number of aryl methyl sites for hydroxylation is 2. The first-order chi connectivity index (χ1) is 5.36. The fraction of sp³-hybridized carbons (Fsp3) is 0.444. The Balaban J connectivity index is 2.43. The highest BCUT2D eigenvalue weighted by Gasteiger charge is 2.08. The van der Waals surface area contributed by atoms with Gasteiger partial charge in [-0.1, -0.05) is 0 Å². The average molecular weight is 165 g/mol. The Labute approximate surface area is 71.2 Å². The van der Waals surface area contributed by atoms with Crippen LogP contribution in [0, 0.1) is 6.92 Å². The molecule has 0 N–H and O–H groups in total. The van der Waals surface area contributed by atoms with Crippen LogP contribution in [0.5, 0.6) is 0 Å². The number of pyridine rings is 1. The van der Waals surface area contributed by atoms with E-state index in [4.69, 9.17) is 0 Å². The van der Waals surface area contributed by atoms with Crippen LogP contribution >= 0.6 is 11.8 Å². The summed E-state index contributed by atoms with van der Waals surface area (Å²) in [4.78, 5) is 5.66. The lowest BCUT2D eigenvalue weighted by Gasteiger charge is -2.14. The first kappa shape index (κ1) is 7.17. The molecule has 0 spiro atoms. The van der Waals surface area contributed by atoms with Crippen LogP contribution in [0.25, 0.3) is 0 Å². The van der Waals surface area contributed by atoms with Gasteiger partial charge in [-0.3, -0.25) is 4.98 Å². The van der Waals surface area contributed by atoms with Crippen LogP contribution < -0.4 is 0 Å². The molecule has 0 aliphatic carbocycles. The van der Waals surface area contributed by atoms with Crippen molar-refractivity contribution >= 4 is 11.8 Å². The zero-order valence-corrected chi connectivity index (χ0v) is 7.45. The van der Waals surface area contributed by atoms with Gasteiger partial charge in [-0.25, -0.2) is 0 Å². The van der Waals surface area contributed by atoms with Crippen molar-refractivity contribution in [2.24, 2.45) is 0 Å². The van der Waals surface area contributed by atoms with Crippen LogP contribution in [-0.2, 0) is 6.42 Å². The average Bonchev–Trinajstić information content (AvgIpc) is 2.04. The Morgan fingerprint density at radius 1 is 1.55 bits per heavy atom. The molecule has 0 fully saturated rings. The zero-order chi connectivity index (χ0) is 7.68. The maximum Gasteiger partial charge on any atom is 0.0409 e. The summed E-state index contributed by atoms with van der Waals surface area (Å²) < 4.78 is 0. The van der Waals surface area contributed by atoms with Gasteiger partial charge < -0.3 is 0 Å². The van der Waals surface area contributed by atoms with Crippen molar-refractivity contribution in [3.8, 4) is 0 Å². The number of nitrogens with zero attached hydrogens (tertiary/aromatic N) is 1. The number of fused-ring (bicyclic) bond motifs is 1. The first-order valence-corrected chi connectivity index (χ1v) is 4.93. The SMILES string of the molecule is Cc1cc2c(cn1)SCCC2. The standard InChI is InChI=1S/C9H11NS/c1-7-5-8-3-2-4-11-9(8)6-10-7/h5-6H,2-4H2,1H3. The van der Waals surface area contributed by atoms with Crippen molar-refractivity contribution < 1.29 is 0 Å². The van der Waals surface area contributed by atoms with Crippen LogP contribution in [0.15, 0.2) is 17.2 Å². The second kappa shape index (κ2) is 2.86. The van der Waals surface area contributed by atoms with Gasteiger partial charge in [0.15, 0.2) is 0 Å². The normalized spacial score (nSPS) is 16.1. The molecule has 2 heteroatoms. The van der Waals surface area contributed by atoms with Gasteiger partial charge in [0, 0.05) is 16.8 Å². The molecule has 58 valence electrons. The van der Waals surface area contributed by atoms with Crippen LogP contribution in [0.3, 0.4) is 0 Å². The highest BCUT2D eigenvalue weighted by molar-refractivity contribution is 7.99. The first-order valence-electron chi connectivity index (χ1n) is 3.94. The summed E-state index contributed by atoms with van der Waals surface area (Å²) in [5.74, 6) is 1.26. The molecule has 0 saturated heterocycles. The van der Waals surface area contributed by atoms with Crippen molar-refractivity contribution in [1.29, 1.82) is 0 Å². The van der Waals surface area contributed by atoms with E-state index in [2.05, 4.69) is 18.0 Å². The van der Waals surface area contributed by atoms with Gasteiger partial charge in [0.2, 0.25) is 0 Å². The molecule has 0 bridgehead atoms. The molecule has 1 nitrogen and oxygen atoms in total. The molecule has 1 aliphatic rings. The van der Waals surface area contributed by atoms with Gasteiger partial charge in [0.05, 0.1) is 0 Å². The second-order valence-electron chi connectivity index (χ2n) is 2.89. The fourth-order valence-corrected chi connectivity index (χ4v) is 2.36. The van der Waals surface area contributed by atoms with E-state index in [1.54, 1.807) is 0 Å². The third-order valence-corrected chi connectivity index (χ3v) is 3.10. The Hall–Kier alpha value is -0.500. The van der Waals surface area contributed by atoms with Gasteiger partial charge >= 0.3 is 0 Å². The van der Waals surface area contributed by atoms with Crippen molar-refractivity contribution in [1.82, 2.24) is 4.98 Å². The summed E-state index contributed by atoms with van der Waals surface area (Å²) >= 11 is 1.93. The molecule has 0 aromatic carbocycles. The summed E-state index contributed by atoms with van der Waals surface area (Å²) in [6.07, 6.45) is 4.57. The van der Waals surface area contributed by atoms with E-state index in [1.165, 1.54) is 29.1 Å². The van der Waals surface area contributed by atoms with Gasteiger partial charge in [-0.2, -0.15) is 0 Å². The Morgan fingerprint density at radius 3 is 3.36 bits per heavy atom. The predicted molar refractivity (Wildman–Crippen MR) is 48.0 cm³/mol. The van der Waals surface area contributed by atoms with E-state index >= 15 is 0 Å². The number of hydrogen-bond donors (Lipinski definition) is 0. The van der Waals surface area contributed by atoms with E-state index < -0.39 is 0 Å². The van der Waals surface area contributed by atoms with Crippen molar-refractivity contribution in [2.45, 2.75) is 24.7 Å². The Kier molecular flexibility index (Phi) is 1.86. The minimum atomic E-state index is 1.14. The molecule has 0 unspecified atom stereocenters. The molecule has 0 radical (unpaired) electrons. The van der Waals surface area contributed by atoms with Crippen LogP contribution in [0.4, 0.5) is 0 Å². The van der Waals surface area contributed by atoms with Crippen molar-refractivity contribution in [2.75, 3.05) is 5.75 Å². The maximum absolute atomic E-state index is 4.27. The summed E-state index contributed by atoms with van der Waals surface area (Å²) in [6, 6.07) is 2.21. The highest BCUT2D eigenvalue weighted by atomic mass is 32.2. The topological polar surface area (TPSA) is 12.9 Å². The zero-order valence-electron chi connectivity index (χ0n) is 6.63. The molecule has 11 heavy (non-hydrogen) atoms. The molecule has 0 atom stereocenters. The molecule has 0 amide bonds. The lowest BCUT2D eigenvalue weighted by molar-refractivity contribution is 0.875. The summed E-state index contributed by atoms with van der Waals surface area (Å²) in [6.45, 7) is 2.06. The molecule has 1 aromatic heterocycles. The number of rotatable bonds is 0. The number of hydrogen-bond acceptors (Lipinski definition) is 2. The lowest BCUT2D eigenvalue weighted by atomic mass is 10.1. The second-order valence-corrected chi connectivity index (χ2v) is 4.02. The number of thioether (sulfide) groups is 1. The third-order valence-electron chi connectivity index (χ3n) is 1.93. The van der Waals surface area contributed by atoms with Crippen LogP contribution in [0.1, 0.15) is 17.7 Å². The molecule has 2 heterocycles. The predicted octanol–water partition coefficient (Wildman–Crippen LogP) is 2.43. The molecule has 0 saturated carbocycles. The van der Waals surface area contributed by atoms with E-state index in [0.717, 1.165) is 5.69 Å². The molecular formula is C9H11NS. The maximum atomic E-state index is 4.27. The Bertz CT molecular complexity index is 270. The molecule has 2 rings (SSSR count). The van der Waals surface area contributed by atoms with Gasteiger partial charge in [-0.05, 0) is 37.1 Å². The van der Waals surface area contributed by atoms with E-state index in [1.807, 2.05) is 18.0 Å². The van der Waals surface area contributed by atoms with Crippen LogP contribution in [-0.4, -0.2) is 10.7 Å². The fourth-order valence-electron chi connectivity index (χ4n) is 1.37. The molecule has 1 aromatic rings. The van der Waals surface area contributed by atoms with E-state index in [0.29, 0.717) is 0 Å². The smallest absolute Gasteiger partial charge is 0.0409 e. The lowest BCUT2D eigenvalue weighted by Crippen LogP contribution is -1.99. The van der Waals surface area contributed by atoms with Crippen LogP contribution in [0.2, 0.25) is 0 Å². The summed E-state index contributed by atoms with van der Waals surface area (Å²) in [7, 11) is 0. The van der Waals surface area contributed by atoms with Gasteiger partial charge in [0.1, 0.15) is 0 Å². The minimum absolute atomic E-state index is 1.14.